The van der Waals surface area contributed by atoms with Crippen LogP contribution in [-0.4, -0.2) is 30.4 Å². The molecule has 1 atom stereocenters. The summed E-state index contributed by atoms with van der Waals surface area (Å²) in [7, 11) is -0.797. The lowest BCUT2D eigenvalue weighted by Crippen LogP contribution is -2.10. The van der Waals surface area contributed by atoms with Crippen molar-refractivity contribution in [1.29, 1.82) is 0 Å². The molecule has 158 valence electrons. The molecule has 2 rings (SSSR count). The maximum absolute atomic E-state index is 13.6. The predicted molar refractivity (Wildman–Crippen MR) is 113 cm³/mol. The van der Waals surface area contributed by atoms with E-state index in [0.717, 1.165) is 0 Å². The second-order valence-corrected chi connectivity index (χ2v) is 8.95. The fourth-order valence-electron chi connectivity index (χ4n) is 2.61. The zero-order chi connectivity index (χ0) is 21.8. The minimum absolute atomic E-state index is 0.103. The van der Waals surface area contributed by atoms with Gasteiger partial charge in [-0.3, -0.25) is 9.51 Å². The van der Waals surface area contributed by atoms with Crippen LogP contribution in [0.5, 0.6) is 23.0 Å². The summed E-state index contributed by atoms with van der Waals surface area (Å²) in [5.41, 5.74) is 1.21. The third kappa shape index (κ3) is 5.11. The first-order valence-corrected chi connectivity index (χ1v) is 10.7. The van der Waals surface area contributed by atoms with Gasteiger partial charge in [-0.25, -0.2) is 4.57 Å². The zero-order valence-electron chi connectivity index (χ0n) is 17.6. The summed E-state index contributed by atoms with van der Waals surface area (Å²) in [5, 5.41) is 10.6. The van der Waals surface area contributed by atoms with Crippen molar-refractivity contribution in [2.24, 2.45) is 5.92 Å². The Kier molecular flexibility index (Phi) is 7.33. The van der Waals surface area contributed by atoms with Crippen molar-refractivity contribution in [3.63, 3.8) is 0 Å². The number of nitrogens with zero attached hydrogens (tertiary/aromatic N) is 1. The van der Waals surface area contributed by atoms with Gasteiger partial charge in [-0.05, 0) is 43.5 Å². The molecule has 0 saturated heterocycles. The first-order valence-electron chi connectivity index (χ1n) is 9.19. The van der Waals surface area contributed by atoms with Gasteiger partial charge in [0.25, 0.3) is 0 Å². The first-order chi connectivity index (χ1) is 13.6. The molecule has 0 bridgehead atoms. The second-order valence-electron chi connectivity index (χ2n) is 6.99. The summed E-state index contributed by atoms with van der Waals surface area (Å²) in [6.07, 6.45) is 2.72. The molecule has 1 heterocycles. The van der Waals surface area contributed by atoms with Crippen molar-refractivity contribution < 1.29 is 28.2 Å². The van der Waals surface area contributed by atoms with E-state index < -0.39 is 7.60 Å². The van der Waals surface area contributed by atoms with Crippen LogP contribution in [0.1, 0.15) is 27.7 Å². The molecule has 0 radical (unpaired) electrons. The van der Waals surface area contributed by atoms with Gasteiger partial charge in [0.1, 0.15) is 0 Å². The topological polar surface area (TPSA) is 87.1 Å². The van der Waals surface area contributed by atoms with Crippen molar-refractivity contribution in [3.05, 3.63) is 42.5 Å². The lowest BCUT2D eigenvalue weighted by atomic mass is 10.0. The molecule has 0 aliphatic heterocycles. The number of rotatable bonds is 9. The Morgan fingerprint density at radius 3 is 2.17 bits per heavy atom. The number of phenolic OH excluding ortho intramolecular Hbond substituents is 1. The zero-order valence-corrected chi connectivity index (χ0v) is 18.5. The van der Waals surface area contributed by atoms with Gasteiger partial charge in [0.15, 0.2) is 17.2 Å². The van der Waals surface area contributed by atoms with Crippen molar-refractivity contribution >= 4 is 7.60 Å². The lowest BCUT2D eigenvalue weighted by molar-refractivity contribution is 0.212. The largest absolute Gasteiger partial charge is 0.502 e. The summed E-state index contributed by atoms with van der Waals surface area (Å²) in [5.74, 6) is 0.504. The van der Waals surface area contributed by atoms with Crippen LogP contribution in [0, 0.1) is 5.92 Å². The van der Waals surface area contributed by atoms with Crippen LogP contribution < -0.4 is 14.0 Å². The Labute approximate surface area is 171 Å². The summed E-state index contributed by atoms with van der Waals surface area (Å²) in [4.78, 5) is 4.10. The molecule has 2 aromatic rings. The van der Waals surface area contributed by atoms with E-state index in [1.54, 1.807) is 38.2 Å². The number of aromatic hydroxyl groups is 1. The molecule has 0 aliphatic rings. The number of aromatic nitrogens is 1. The monoisotopic (exact) mass is 421 g/mol. The summed E-state index contributed by atoms with van der Waals surface area (Å²) in [6.45, 7) is 11.3. The Morgan fingerprint density at radius 1 is 1.10 bits per heavy atom. The molecule has 0 saturated carbocycles. The standard InChI is InChI=1S/C21H28NO6P/c1-13(2)15(5)29(24,27-14(3)4)28-20-12-22-9-8-17(20)16-10-18(25-6)21(23)19(11-16)26-7/h8-14,23H,5H2,1-4,6-7H3. The quantitative estimate of drug-likeness (QED) is 0.524. The normalized spacial score (nSPS) is 13.2. The van der Waals surface area contributed by atoms with Crippen molar-refractivity contribution in [1.82, 2.24) is 4.98 Å². The molecule has 29 heavy (non-hydrogen) atoms. The highest BCUT2D eigenvalue weighted by Crippen LogP contribution is 2.59. The van der Waals surface area contributed by atoms with E-state index in [-0.39, 0.29) is 35.0 Å². The third-order valence-corrected chi connectivity index (χ3v) is 6.52. The van der Waals surface area contributed by atoms with E-state index in [1.165, 1.54) is 20.4 Å². The maximum Gasteiger partial charge on any atom is 0.406 e. The molecule has 0 spiro atoms. The van der Waals surface area contributed by atoms with Crippen LogP contribution in [0.25, 0.3) is 11.1 Å². The van der Waals surface area contributed by atoms with Crippen LogP contribution in [0.3, 0.4) is 0 Å². The first kappa shape index (κ1) is 22.8. The number of allylic oxidation sites excluding steroid dienone is 1. The van der Waals surface area contributed by atoms with E-state index in [1.807, 2.05) is 13.8 Å². The Morgan fingerprint density at radius 2 is 1.69 bits per heavy atom. The highest BCUT2D eigenvalue weighted by Gasteiger charge is 2.34. The molecule has 1 aromatic heterocycles. The average Bonchev–Trinajstić information content (AvgIpc) is 2.67. The summed E-state index contributed by atoms with van der Waals surface area (Å²) < 4.78 is 35.6. The van der Waals surface area contributed by atoms with E-state index in [0.29, 0.717) is 16.4 Å². The van der Waals surface area contributed by atoms with Crippen LogP contribution >= 0.6 is 7.60 Å². The van der Waals surface area contributed by atoms with Gasteiger partial charge in [0, 0.05) is 17.1 Å². The minimum atomic E-state index is -3.69. The Hall–Kier alpha value is -2.50. The van der Waals surface area contributed by atoms with Gasteiger partial charge in [-0.1, -0.05) is 20.4 Å². The van der Waals surface area contributed by atoms with Crippen molar-refractivity contribution in [2.45, 2.75) is 33.8 Å². The van der Waals surface area contributed by atoms with Crippen LogP contribution in [0.4, 0.5) is 0 Å². The molecule has 1 aromatic carbocycles. The lowest BCUT2D eigenvalue weighted by Gasteiger charge is -2.25. The number of benzene rings is 1. The molecule has 8 heteroatoms. The molecule has 7 nitrogen and oxygen atoms in total. The second kappa shape index (κ2) is 9.33. The number of methoxy groups -OCH3 is 2. The van der Waals surface area contributed by atoms with E-state index in [4.69, 9.17) is 18.5 Å². The summed E-state index contributed by atoms with van der Waals surface area (Å²) in [6, 6.07) is 4.97. The third-order valence-electron chi connectivity index (χ3n) is 4.16. The number of hydrogen-bond acceptors (Lipinski definition) is 7. The average molecular weight is 421 g/mol. The number of phenols is 1. The number of ether oxygens (including phenoxy) is 2. The summed E-state index contributed by atoms with van der Waals surface area (Å²) >= 11 is 0. The molecule has 1 N–H and O–H groups in total. The van der Waals surface area contributed by atoms with Gasteiger partial charge >= 0.3 is 7.60 Å². The Balaban J connectivity index is 2.58. The molecular formula is C21H28NO6P. The van der Waals surface area contributed by atoms with Crippen LogP contribution in [0.15, 0.2) is 42.5 Å². The van der Waals surface area contributed by atoms with Crippen LogP contribution in [0.2, 0.25) is 0 Å². The van der Waals surface area contributed by atoms with E-state index >= 15 is 0 Å². The Bertz CT molecular complexity index is 900. The fraction of sp³-hybridized carbons (Fsp3) is 0.381. The minimum Gasteiger partial charge on any atom is -0.502 e. The molecule has 0 amide bonds. The van der Waals surface area contributed by atoms with Gasteiger partial charge in [0.05, 0.1) is 26.5 Å². The highest BCUT2D eigenvalue weighted by atomic mass is 31.2. The van der Waals surface area contributed by atoms with Crippen LogP contribution in [-0.2, 0) is 9.09 Å². The molecule has 0 aliphatic carbocycles. The predicted octanol–water partition coefficient (Wildman–Crippen LogP) is 5.64. The highest BCUT2D eigenvalue weighted by molar-refractivity contribution is 7.58. The molecular weight excluding hydrogens is 393 g/mol. The number of hydrogen-bond donors (Lipinski definition) is 1. The smallest absolute Gasteiger partial charge is 0.406 e. The fourth-order valence-corrected chi connectivity index (χ4v) is 4.50. The van der Waals surface area contributed by atoms with Crippen molar-refractivity contribution in [2.75, 3.05) is 14.2 Å². The number of pyridine rings is 1. The maximum atomic E-state index is 13.6. The van der Waals surface area contributed by atoms with Gasteiger partial charge in [-0.15, -0.1) is 0 Å². The van der Waals surface area contributed by atoms with E-state index in [2.05, 4.69) is 11.6 Å². The van der Waals surface area contributed by atoms with E-state index in [9.17, 15) is 9.67 Å². The molecule has 1 unspecified atom stereocenters. The SMILES string of the molecule is C=C(C(C)C)P(=O)(Oc1cnccc1-c1cc(OC)c(O)c(OC)c1)OC(C)C. The van der Waals surface area contributed by atoms with Gasteiger partial charge < -0.3 is 19.1 Å². The van der Waals surface area contributed by atoms with Gasteiger partial charge in [0.2, 0.25) is 5.75 Å². The van der Waals surface area contributed by atoms with Crippen molar-refractivity contribution in [3.8, 4) is 34.1 Å². The van der Waals surface area contributed by atoms with Gasteiger partial charge in [-0.2, -0.15) is 0 Å². The molecule has 0 fully saturated rings.